The van der Waals surface area contributed by atoms with Gasteiger partial charge in [0.05, 0.1) is 18.5 Å². The van der Waals surface area contributed by atoms with E-state index in [1.807, 2.05) is 0 Å². The maximum Gasteiger partial charge on any atom is 0.145 e. The quantitative estimate of drug-likeness (QED) is 0.453. The zero-order valence-corrected chi connectivity index (χ0v) is 5.46. The van der Waals surface area contributed by atoms with Gasteiger partial charge in [0, 0.05) is 6.54 Å². The van der Waals surface area contributed by atoms with E-state index < -0.39 is 0 Å². The fourth-order valence-corrected chi connectivity index (χ4v) is 0.618. The third-order valence-electron chi connectivity index (χ3n) is 1.08. The number of nitrogens with two attached hydrogens (primary N) is 1. The summed E-state index contributed by atoms with van der Waals surface area (Å²) in [7, 11) is 0. The van der Waals surface area contributed by atoms with E-state index in [9.17, 15) is 0 Å². The van der Waals surface area contributed by atoms with Crippen LogP contribution in [0.5, 0.6) is 0 Å². The average Bonchev–Trinajstić information content (AvgIpc) is 2.31. The molecule has 1 aromatic rings. The molecular weight excluding hydrogens is 132 g/mol. The highest BCUT2D eigenvalue weighted by atomic mass is 16.3. The molecule has 0 aliphatic rings. The molecule has 0 saturated carbocycles. The van der Waals surface area contributed by atoms with Gasteiger partial charge >= 0.3 is 0 Å². The lowest BCUT2D eigenvalue weighted by molar-refractivity contribution is 0.311. The van der Waals surface area contributed by atoms with Gasteiger partial charge in [0.15, 0.2) is 0 Å². The molecule has 10 heavy (non-hydrogen) atoms. The Labute approximate surface area is 58.2 Å². The van der Waals surface area contributed by atoms with Crippen LogP contribution in [-0.4, -0.2) is 28.5 Å². The minimum atomic E-state index is 0.0818. The number of aromatic amines is 1. The summed E-state index contributed by atoms with van der Waals surface area (Å²) >= 11 is 0. The Morgan fingerprint density at radius 1 is 1.80 bits per heavy atom. The van der Waals surface area contributed by atoms with Crippen LogP contribution in [0.15, 0.2) is 6.20 Å². The number of nitrogens with one attached hydrogen (secondary N) is 2. The smallest absolute Gasteiger partial charge is 0.145 e. The van der Waals surface area contributed by atoms with Gasteiger partial charge < -0.3 is 16.2 Å². The first-order valence-electron chi connectivity index (χ1n) is 2.98. The maximum absolute atomic E-state index is 8.42. The van der Waals surface area contributed by atoms with Crippen molar-refractivity contribution >= 4 is 11.5 Å². The molecule has 0 atom stereocenters. The normalized spacial score (nSPS) is 9.70. The molecule has 0 fully saturated rings. The zero-order valence-electron chi connectivity index (χ0n) is 5.46. The second-order valence-corrected chi connectivity index (χ2v) is 1.85. The van der Waals surface area contributed by atoms with Crippen molar-refractivity contribution in [1.82, 2.24) is 10.2 Å². The van der Waals surface area contributed by atoms with Gasteiger partial charge in [-0.2, -0.15) is 5.10 Å². The summed E-state index contributed by atoms with van der Waals surface area (Å²) in [6.45, 7) is 0.560. The topological polar surface area (TPSA) is 87.0 Å². The van der Waals surface area contributed by atoms with Crippen LogP contribution in [0.2, 0.25) is 0 Å². The van der Waals surface area contributed by atoms with Crippen LogP contribution in [0.3, 0.4) is 0 Å². The molecule has 5 nitrogen and oxygen atoms in total. The van der Waals surface area contributed by atoms with Crippen molar-refractivity contribution in [2.45, 2.75) is 0 Å². The molecule has 0 radical (unpaired) electrons. The Morgan fingerprint density at radius 2 is 2.60 bits per heavy atom. The Balaban J connectivity index is 2.49. The molecule has 1 aromatic heterocycles. The van der Waals surface area contributed by atoms with Crippen molar-refractivity contribution in [3.63, 3.8) is 0 Å². The number of nitrogen functional groups attached to an aromatic ring is 1. The van der Waals surface area contributed by atoms with Gasteiger partial charge in [-0.3, -0.25) is 5.10 Å². The summed E-state index contributed by atoms with van der Waals surface area (Å²) in [5.41, 5.74) is 6.01. The van der Waals surface area contributed by atoms with Gasteiger partial charge in [-0.05, 0) is 0 Å². The molecule has 0 amide bonds. The Bertz CT molecular complexity index is 197. The van der Waals surface area contributed by atoms with Crippen LogP contribution in [0.1, 0.15) is 0 Å². The lowest BCUT2D eigenvalue weighted by Crippen LogP contribution is -2.07. The van der Waals surface area contributed by atoms with Crippen LogP contribution in [0.4, 0.5) is 11.5 Å². The van der Waals surface area contributed by atoms with E-state index in [4.69, 9.17) is 10.8 Å². The molecule has 0 saturated heterocycles. The first kappa shape index (κ1) is 6.88. The standard InChI is InChI=1S/C5H10N4O/c6-4-3-8-9-5(4)7-1-2-10/h3,10H,1-2,6H2,(H2,7,8,9). The van der Waals surface area contributed by atoms with Crippen molar-refractivity contribution < 1.29 is 5.11 Å². The Hall–Kier alpha value is -1.23. The summed E-state index contributed by atoms with van der Waals surface area (Å²) in [6.07, 6.45) is 1.51. The van der Waals surface area contributed by atoms with Crippen molar-refractivity contribution in [2.75, 3.05) is 24.2 Å². The molecule has 5 N–H and O–H groups in total. The third kappa shape index (κ3) is 1.38. The third-order valence-corrected chi connectivity index (χ3v) is 1.08. The van der Waals surface area contributed by atoms with Gasteiger partial charge in [-0.15, -0.1) is 0 Å². The molecule has 0 bridgehead atoms. The molecule has 0 unspecified atom stereocenters. The van der Waals surface area contributed by atoms with E-state index in [2.05, 4.69) is 15.5 Å². The molecular formula is C5H10N4O. The number of aliphatic hydroxyl groups excluding tert-OH is 1. The molecule has 5 heteroatoms. The number of hydrogen-bond donors (Lipinski definition) is 4. The summed E-state index contributed by atoms with van der Waals surface area (Å²) < 4.78 is 0. The Kier molecular flexibility index (Phi) is 2.11. The molecule has 1 heterocycles. The fraction of sp³-hybridized carbons (Fsp3) is 0.400. The van der Waals surface area contributed by atoms with E-state index in [1.165, 1.54) is 6.20 Å². The van der Waals surface area contributed by atoms with E-state index in [-0.39, 0.29) is 6.61 Å². The van der Waals surface area contributed by atoms with E-state index >= 15 is 0 Å². The van der Waals surface area contributed by atoms with Gasteiger partial charge in [-0.25, -0.2) is 0 Å². The SMILES string of the molecule is Nc1cn[nH]c1NCCO. The first-order chi connectivity index (χ1) is 4.84. The number of aliphatic hydroxyl groups is 1. The molecule has 56 valence electrons. The molecule has 0 spiro atoms. The summed E-state index contributed by atoms with van der Waals surface area (Å²) in [5, 5.41) is 17.6. The largest absolute Gasteiger partial charge is 0.395 e. The molecule has 0 aliphatic carbocycles. The van der Waals surface area contributed by atoms with Gasteiger partial charge in [0.2, 0.25) is 0 Å². The van der Waals surface area contributed by atoms with Crippen LogP contribution < -0.4 is 11.1 Å². The van der Waals surface area contributed by atoms with Gasteiger partial charge in [0.1, 0.15) is 5.82 Å². The average molecular weight is 142 g/mol. The molecule has 1 rings (SSSR count). The van der Waals surface area contributed by atoms with Crippen molar-refractivity contribution in [2.24, 2.45) is 0 Å². The van der Waals surface area contributed by atoms with Crippen LogP contribution in [0.25, 0.3) is 0 Å². The second-order valence-electron chi connectivity index (χ2n) is 1.85. The van der Waals surface area contributed by atoms with Gasteiger partial charge in [0.25, 0.3) is 0 Å². The number of nitrogens with zero attached hydrogens (tertiary/aromatic N) is 1. The van der Waals surface area contributed by atoms with E-state index in [0.717, 1.165) is 0 Å². The van der Waals surface area contributed by atoms with Crippen LogP contribution in [0, 0.1) is 0 Å². The summed E-state index contributed by atoms with van der Waals surface area (Å²) in [5.74, 6) is 0.661. The number of H-pyrrole nitrogens is 1. The number of aromatic nitrogens is 2. The summed E-state index contributed by atoms with van der Waals surface area (Å²) in [6, 6.07) is 0. The maximum atomic E-state index is 8.42. The Morgan fingerprint density at radius 3 is 3.10 bits per heavy atom. The number of hydrogen-bond acceptors (Lipinski definition) is 4. The lowest BCUT2D eigenvalue weighted by atomic mass is 10.5. The number of rotatable bonds is 3. The lowest BCUT2D eigenvalue weighted by Gasteiger charge is -1.99. The van der Waals surface area contributed by atoms with Crippen molar-refractivity contribution in [1.29, 1.82) is 0 Å². The molecule has 0 aromatic carbocycles. The number of anilines is 2. The van der Waals surface area contributed by atoms with Crippen LogP contribution in [-0.2, 0) is 0 Å². The summed E-state index contributed by atoms with van der Waals surface area (Å²) in [4.78, 5) is 0. The monoisotopic (exact) mass is 142 g/mol. The zero-order chi connectivity index (χ0) is 7.40. The highest BCUT2D eigenvalue weighted by molar-refractivity contribution is 5.59. The molecule has 0 aliphatic heterocycles. The minimum Gasteiger partial charge on any atom is -0.395 e. The van der Waals surface area contributed by atoms with Crippen LogP contribution >= 0.6 is 0 Å². The predicted octanol–water partition coefficient (Wildman–Crippen LogP) is -0.604. The predicted molar refractivity (Wildman–Crippen MR) is 38.6 cm³/mol. The first-order valence-corrected chi connectivity index (χ1v) is 2.98. The van der Waals surface area contributed by atoms with Crippen molar-refractivity contribution in [3.05, 3.63) is 6.20 Å². The van der Waals surface area contributed by atoms with E-state index in [0.29, 0.717) is 18.1 Å². The van der Waals surface area contributed by atoms with Gasteiger partial charge in [-0.1, -0.05) is 0 Å². The second kappa shape index (κ2) is 3.07. The highest BCUT2D eigenvalue weighted by Crippen LogP contribution is 2.10. The highest BCUT2D eigenvalue weighted by Gasteiger charge is 1.96. The van der Waals surface area contributed by atoms with E-state index in [1.54, 1.807) is 0 Å². The fourth-order valence-electron chi connectivity index (χ4n) is 0.618. The van der Waals surface area contributed by atoms with Crippen molar-refractivity contribution in [3.8, 4) is 0 Å². The minimum absolute atomic E-state index is 0.0818.